The average molecular weight is 352 g/mol. The number of thiazole rings is 1. The van der Waals surface area contributed by atoms with Gasteiger partial charge in [0.25, 0.3) is 0 Å². The molecule has 2 aliphatic rings. The minimum atomic E-state index is 0.0284. The Hall–Kier alpha value is -1.14. The highest BCUT2D eigenvalue weighted by atomic mass is 32.1. The quantitative estimate of drug-likeness (QED) is 0.830. The van der Waals surface area contributed by atoms with Gasteiger partial charge in [0.05, 0.1) is 0 Å². The lowest BCUT2D eigenvalue weighted by atomic mass is 10.1. The molecule has 0 spiro atoms. The van der Waals surface area contributed by atoms with Crippen LogP contribution in [-0.4, -0.2) is 40.5 Å². The van der Waals surface area contributed by atoms with E-state index in [1.165, 1.54) is 49.9 Å². The van der Waals surface area contributed by atoms with Crippen LogP contribution in [0, 0.1) is 6.92 Å². The summed E-state index contributed by atoms with van der Waals surface area (Å²) in [5, 5.41) is 5.02. The second kappa shape index (κ2) is 8.30. The van der Waals surface area contributed by atoms with E-state index in [-0.39, 0.29) is 16.8 Å². The van der Waals surface area contributed by atoms with Crippen molar-refractivity contribution in [2.24, 2.45) is 0 Å². The molecular formula is C18H29N3O2S. The summed E-state index contributed by atoms with van der Waals surface area (Å²) in [6, 6.07) is 1.00. The van der Waals surface area contributed by atoms with Crippen LogP contribution in [0.1, 0.15) is 57.1 Å². The number of nitrogens with one attached hydrogen (secondary N) is 1. The van der Waals surface area contributed by atoms with Crippen LogP contribution in [0.3, 0.4) is 0 Å². The van der Waals surface area contributed by atoms with Gasteiger partial charge in [-0.05, 0) is 26.2 Å². The predicted octanol–water partition coefficient (Wildman–Crippen LogP) is 2.52. The number of carbonyl (C=O) groups excluding carboxylic acids is 1. The Morgan fingerprint density at radius 1 is 1.25 bits per heavy atom. The van der Waals surface area contributed by atoms with E-state index in [0.717, 1.165) is 31.2 Å². The van der Waals surface area contributed by atoms with Gasteiger partial charge < -0.3 is 9.88 Å². The van der Waals surface area contributed by atoms with Gasteiger partial charge in [-0.2, -0.15) is 0 Å². The summed E-state index contributed by atoms with van der Waals surface area (Å²) in [5.74, 6) is 0.0696. The lowest BCUT2D eigenvalue weighted by Crippen LogP contribution is -2.40. The van der Waals surface area contributed by atoms with E-state index < -0.39 is 0 Å². The maximum absolute atomic E-state index is 12.2. The molecule has 1 aromatic rings. The van der Waals surface area contributed by atoms with E-state index in [2.05, 4.69) is 10.2 Å². The largest absolute Gasteiger partial charge is 0.352 e. The molecule has 1 saturated carbocycles. The van der Waals surface area contributed by atoms with Crippen LogP contribution in [0.5, 0.6) is 0 Å². The summed E-state index contributed by atoms with van der Waals surface area (Å²) in [6.45, 7) is 4.50. The van der Waals surface area contributed by atoms with E-state index in [1.54, 1.807) is 4.57 Å². The Kier molecular flexibility index (Phi) is 6.11. The van der Waals surface area contributed by atoms with Crippen molar-refractivity contribution in [2.75, 3.05) is 13.1 Å². The van der Waals surface area contributed by atoms with Crippen molar-refractivity contribution in [3.63, 3.8) is 0 Å². The van der Waals surface area contributed by atoms with Crippen LogP contribution in [-0.2, 0) is 11.3 Å². The summed E-state index contributed by atoms with van der Waals surface area (Å²) in [6.07, 6.45) is 9.55. The van der Waals surface area contributed by atoms with Crippen molar-refractivity contribution in [1.29, 1.82) is 0 Å². The molecule has 1 aliphatic carbocycles. The number of likely N-dealkylation sites (tertiary alicyclic amines) is 1. The molecule has 3 rings (SSSR count). The van der Waals surface area contributed by atoms with Gasteiger partial charge in [0.15, 0.2) is 0 Å². The van der Waals surface area contributed by atoms with E-state index in [1.807, 2.05) is 12.3 Å². The van der Waals surface area contributed by atoms with Gasteiger partial charge in [-0.15, -0.1) is 0 Å². The van der Waals surface area contributed by atoms with Gasteiger partial charge in [-0.25, -0.2) is 0 Å². The predicted molar refractivity (Wildman–Crippen MR) is 97.5 cm³/mol. The van der Waals surface area contributed by atoms with Crippen LogP contribution in [0.25, 0.3) is 0 Å². The first-order valence-corrected chi connectivity index (χ1v) is 10.2. The molecule has 0 aromatic carbocycles. The fourth-order valence-corrected chi connectivity index (χ4v) is 4.81. The summed E-state index contributed by atoms with van der Waals surface area (Å²) >= 11 is 1.20. The molecule has 24 heavy (non-hydrogen) atoms. The number of hydrogen-bond donors (Lipinski definition) is 1. The topological polar surface area (TPSA) is 54.3 Å². The number of rotatable bonds is 5. The molecule has 6 heteroatoms. The van der Waals surface area contributed by atoms with Crippen LogP contribution in [0.2, 0.25) is 0 Å². The van der Waals surface area contributed by atoms with E-state index in [0.29, 0.717) is 13.0 Å². The fraction of sp³-hybridized carbons (Fsp3) is 0.778. The van der Waals surface area contributed by atoms with Crippen molar-refractivity contribution in [1.82, 2.24) is 14.8 Å². The van der Waals surface area contributed by atoms with Crippen molar-refractivity contribution in [3.8, 4) is 0 Å². The molecule has 134 valence electrons. The monoisotopic (exact) mass is 351 g/mol. The Balaban J connectivity index is 1.43. The van der Waals surface area contributed by atoms with Crippen LogP contribution in [0.15, 0.2) is 10.2 Å². The molecule has 1 saturated heterocycles. The third kappa shape index (κ3) is 4.48. The minimum absolute atomic E-state index is 0.0284. The molecule has 1 amide bonds. The Bertz CT molecular complexity index is 602. The van der Waals surface area contributed by atoms with Crippen molar-refractivity contribution in [3.05, 3.63) is 20.7 Å². The Morgan fingerprint density at radius 2 is 2.00 bits per heavy atom. The SMILES string of the molecule is Cc1csc(=O)n1CCC(=O)NC1CCN(C2CCCCCC2)C1. The van der Waals surface area contributed by atoms with Gasteiger partial charge in [0.1, 0.15) is 0 Å². The second-order valence-corrected chi connectivity index (χ2v) is 8.06. The van der Waals surface area contributed by atoms with E-state index in [9.17, 15) is 9.59 Å². The summed E-state index contributed by atoms with van der Waals surface area (Å²) in [4.78, 5) is 26.5. The highest BCUT2D eigenvalue weighted by Gasteiger charge is 2.29. The molecular weight excluding hydrogens is 322 g/mol. The summed E-state index contributed by atoms with van der Waals surface area (Å²) in [5.41, 5.74) is 0.943. The molecule has 5 nitrogen and oxygen atoms in total. The first-order chi connectivity index (χ1) is 11.6. The number of aryl methyl sites for hydroxylation is 1. The first-order valence-electron chi connectivity index (χ1n) is 9.32. The summed E-state index contributed by atoms with van der Waals surface area (Å²) in [7, 11) is 0. The molecule has 1 unspecified atom stereocenters. The molecule has 2 fully saturated rings. The number of aromatic nitrogens is 1. The van der Waals surface area contributed by atoms with Gasteiger partial charge >= 0.3 is 4.87 Å². The van der Waals surface area contributed by atoms with Gasteiger partial charge in [-0.1, -0.05) is 37.0 Å². The average Bonchev–Trinajstić information content (AvgIpc) is 3.03. The highest BCUT2D eigenvalue weighted by Crippen LogP contribution is 2.25. The molecule has 1 atom stereocenters. The van der Waals surface area contributed by atoms with Crippen LogP contribution >= 0.6 is 11.3 Å². The molecule has 0 bridgehead atoms. The Labute approximate surface area is 148 Å². The maximum atomic E-state index is 12.2. The zero-order chi connectivity index (χ0) is 16.9. The summed E-state index contributed by atoms with van der Waals surface area (Å²) < 4.78 is 1.69. The molecule has 2 heterocycles. The normalized spacial score (nSPS) is 23.3. The van der Waals surface area contributed by atoms with Crippen molar-refractivity contribution in [2.45, 2.75) is 76.9 Å². The molecule has 1 aromatic heterocycles. The van der Waals surface area contributed by atoms with Crippen molar-refractivity contribution < 1.29 is 4.79 Å². The maximum Gasteiger partial charge on any atom is 0.307 e. The minimum Gasteiger partial charge on any atom is -0.352 e. The van der Waals surface area contributed by atoms with Gasteiger partial charge in [0.2, 0.25) is 5.91 Å². The number of amides is 1. The number of carbonyl (C=O) groups is 1. The zero-order valence-corrected chi connectivity index (χ0v) is 15.4. The lowest BCUT2D eigenvalue weighted by Gasteiger charge is -2.26. The third-order valence-electron chi connectivity index (χ3n) is 5.46. The third-order valence-corrected chi connectivity index (χ3v) is 6.35. The van der Waals surface area contributed by atoms with Gasteiger partial charge in [-0.3, -0.25) is 14.5 Å². The van der Waals surface area contributed by atoms with Crippen molar-refractivity contribution >= 4 is 17.2 Å². The van der Waals surface area contributed by atoms with Gasteiger partial charge in [0, 0.05) is 49.2 Å². The van der Waals surface area contributed by atoms with Crippen LogP contribution < -0.4 is 10.2 Å². The smallest absolute Gasteiger partial charge is 0.307 e. The van der Waals surface area contributed by atoms with E-state index in [4.69, 9.17) is 0 Å². The lowest BCUT2D eigenvalue weighted by molar-refractivity contribution is -0.121. The first kappa shape index (κ1) is 17.7. The zero-order valence-electron chi connectivity index (χ0n) is 14.6. The number of hydrogen-bond acceptors (Lipinski definition) is 4. The molecule has 1 N–H and O–H groups in total. The highest BCUT2D eigenvalue weighted by molar-refractivity contribution is 7.07. The fourth-order valence-electron chi connectivity index (χ4n) is 4.05. The Morgan fingerprint density at radius 3 is 2.67 bits per heavy atom. The number of nitrogens with zero attached hydrogens (tertiary/aromatic N) is 2. The molecule has 1 aliphatic heterocycles. The molecule has 0 radical (unpaired) electrons. The standard InChI is InChI=1S/C18H29N3O2S/c1-14-13-24-18(23)21(14)11-9-17(22)19-15-8-10-20(12-15)16-6-4-2-3-5-7-16/h13,15-16H,2-12H2,1H3,(H,19,22). The van der Waals surface area contributed by atoms with E-state index >= 15 is 0 Å². The second-order valence-electron chi connectivity index (χ2n) is 7.24. The van der Waals surface area contributed by atoms with Crippen LogP contribution in [0.4, 0.5) is 0 Å².